The Hall–Kier alpha value is -2.76. The summed E-state index contributed by atoms with van der Waals surface area (Å²) in [7, 11) is 0. The number of fused-ring (bicyclic) bond motifs is 1. The van der Waals surface area contributed by atoms with Gasteiger partial charge in [-0.1, -0.05) is 48.1 Å². The topological polar surface area (TPSA) is 67.9 Å². The van der Waals surface area contributed by atoms with Gasteiger partial charge < -0.3 is 14.8 Å². The van der Waals surface area contributed by atoms with Crippen molar-refractivity contribution >= 4 is 63.5 Å². The average molecular weight is 557 g/mol. The molecule has 2 aliphatic rings. The van der Waals surface area contributed by atoms with E-state index in [2.05, 4.69) is 5.32 Å². The second-order valence-corrected chi connectivity index (χ2v) is 10.1. The maximum atomic E-state index is 13.0. The van der Waals surface area contributed by atoms with Crippen LogP contribution >= 0.6 is 35.6 Å². The largest absolute Gasteiger partial charge is 0.454 e. The summed E-state index contributed by atoms with van der Waals surface area (Å²) in [5.74, 6) is 0.707. The number of alkyl halides is 3. The van der Waals surface area contributed by atoms with Crippen LogP contribution in [-0.2, 0) is 15.8 Å². The number of carbonyl (C=O) groups excluding carboxylic acids is 2. The molecule has 0 radical (unpaired) electrons. The van der Waals surface area contributed by atoms with Crippen LogP contribution in [0.3, 0.4) is 0 Å². The fourth-order valence-electron chi connectivity index (χ4n) is 3.62. The number of unbranched alkanes of at least 4 members (excludes halogenated alkanes) is 2. The van der Waals surface area contributed by atoms with Crippen molar-refractivity contribution < 1.29 is 32.2 Å². The molecule has 0 unspecified atom stereocenters. The van der Waals surface area contributed by atoms with Gasteiger partial charge in [-0.15, -0.1) is 0 Å². The first-order valence-corrected chi connectivity index (χ1v) is 12.5. The minimum Gasteiger partial charge on any atom is -0.454 e. The van der Waals surface area contributed by atoms with E-state index in [1.165, 1.54) is 22.7 Å². The van der Waals surface area contributed by atoms with Gasteiger partial charge in [-0.05, 0) is 54.8 Å². The van der Waals surface area contributed by atoms with Gasteiger partial charge in [-0.2, -0.15) is 13.2 Å². The first-order chi connectivity index (χ1) is 17.1. The van der Waals surface area contributed by atoms with Crippen molar-refractivity contribution in [1.82, 2.24) is 4.90 Å². The van der Waals surface area contributed by atoms with Crippen molar-refractivity contribution in [1.29, 1.82) is 0 Å². The summed E-state index contributed by atoms with van der Waals surface area (Å²) in [6, 6.07) is 8.65. The number of thioether (sulfide) groups is 1. The molecule has 1 N–H and O–H groups in total. The Kier molecular flexibility index (Phi) is 8.11. The lowest BCUT2D eigenvalue weighted by Gasteiger charge is -2.14. The van der Waals surface area contributed by atoms with Gasteiger partial charge in [0.25, 0.3) is 5.91 Å². The number of carbonyl (C=O) groups is 2. The summed E-state index contributed by atoms with van der Waals surface area (Å²) in [5.41, 5.74) is -0.171. The average Bonchev–Trinajstić information content (AvgIpc) is 3.38. The Morgan fingerprint density at radius 3 is 2.69 bits per heavy atom. The van der Waals surface area contributed by atoms with Gasteiger partial charge in [0.2, 0.25) is 12.7 Å². The Morgan fingerprint density at radius 2 is 1.92 bits per heavy atom. The molecule has 2 amide bonds. The van der Waals surface area contributed by atoms with E-state index in [1.807, 2.05) is 6.07 Å². The molecule has 0 aromatic heterocycles. The summed E-state index contributed by atoms with van der Waals surface area (Å²) < 4.78 is 50.0. The zero-order chi connectivity index (χ0) is 25.9. The number of anilines is 1. The predicted octanol–water partition coefficient (Wildman–Crippen LogP) is 6.49. The van der Waals surface area contributed by atoms with Crippen LogP contribution in [0, 0.1) is 0 Å². The molecule has 2 aromatic rings. The summed E-state index contributed by atoms with van der Waals surface area (Å²) in [6.07, 6.45) is -0.953. The molecule has 2 aromatic carbocycles. The lowest BCUT2D eigenvalue weighted by Crippen LogP contribution is -2.29. The third-order valence-electron chi connectivity index (χ3n) is 5.41. The molecular formula is C24H20ClF3N2O4S2. The van der Waals surface area contributed by atoms with Crippen LogP contribution in [0.15, 0.2) is 41.3 Å². The van der Waals surface area contributed by atoms with Crippen molar-refractivity contribution in [2.24, 2.45) is 0 Å². The summed E-state index contributed by atoms with van der Waals surface area (Å²) in [4.78, 5) is 27.0. The van der Waals surface area contributed by atoms with Gasteiger partial charge in [0.05, 0.1) is 15.5 Å². The molecule has 2 aliphatic heterocycles. The normalized spacial score (nSPS) is 16.2. The number of halogens is 4. The van der Waals surface area contributed by atoms with Crippen LogP contribution in [0.2, 0.25) is 5.02 Å². The highest BCUT2D eigenvalue weighted by molar-refractivity contribution is 8.26. The van der Waals surface area contributed by atoms with E-state index >= 15 is 0 Å². The molecule has 0 aliphatic carbocycles. The van der Waals surface area contributed by atoms with E-state index in [0.29, 0.717) is 46.5 Å². The highest BCUT2D eigenvalue weighted by Gasteiger charge is 2.34. The van der Waals surface area contributed by atoms with E-state index in [9.17, 15) is 22.8 Å². The monoisotopic (exact) mass is 556 g/mol. The zero-order valence-electron chi connectivity index (χ0n) is 18.7. The van der Waals surface area contributed by atoms with Crippen LogP contribution in [-0.4, -0.2) is 34.4 Å². The maximum absolute atomic E-state index is 13.0. The fourth-order valence-corrected chi connectivity index (χ4v) is 5.16. The third kappa shape index (κ3) is 6.32. The smallest absolute Gasteiger partial charge is 0.417 e. The van der Waals surface area contributed by atoms with Crippen molar-refractivity contribution in [2.75, 3.05) is 18.7 Å². The molecular weight excluding hydrogens is 537 g/mol. The molecule has 190 valence electrons. The number of nitrogens with zero attached hydrogens (tertiary/aromatic N) is 1. The maximum Gasteiger partial charge on any atom is 0.417 e. The van der Waals surface area contributed by atoms with E-state index in [4.69, 9.17) is 33.3 Å². The molecule has 0 atom stereocenters. The Labute approximate surface area is 219 Å². The summed E-state index contributed by atoms with van der Waals surface area (Å²) in [6.45, 7) is 0.583. The first-order valence-electron chi connectivity index (χ1n) is 10.9. The third-order valence-corrected chi connectivity index (χ3v) is 7.12. The number of hydrogen-bond donors (Lipinski definition) is 1. The molecule has 0 saturated carbocycles. The van der Waals surface area contributed by atoms with E-state index in [-0.39, 0.29) is 24.8 Å². The van der Waals surface area contributed by atoms with Crippen molar-refractivity contribution in [2.45, 2.75) is 31.9 Å². The van der Waals surface area contributed by atoms with E-state index < -0.39 is 22.7 Å². The highest BCUT2D eigenvalue weighted by atomic mass is 35.5. The molecule has 6 nitrogen and oxygen atoms in total. The molecule has 12 heteroatoms. The number of rotatable bonds is 8. The van der Waals surface area contributed by atoms with Crippen molar-refractivity contribution in [3.8, 4) is 11.5 Å². The summed E-state index contributed by atoms with van der Waals surface area (Å²) in [5, 5.41) is 2.03. The molecule has 0 bridgehead atoms. The molecule has 36 heavy (non-hydrogen) atoms. The second-order valence-electron chi connectivity index (χ2n) is 8.00. The van der Waals surface area contributed by atoms with Gasteiger partial charge in [-0.25, -0.2) is 0 Å². The first kappa shape index (κ1) is 26.3. The van der Waals surface area contributed by atoms with Crippen LogP contribution in [0.25, 0.3) is 6.08 Å². The van der Waals surface area contributed by atoms with Crippen LogP contribution in [0.5, 0.6) is 11.5 Å². The number of ether oxygens (including phenoxy) is 2. The van der Waals surface area contributed by atoms with Gasteiger partial charge in [-0.3, -0.25) is 14.5 Å². The Balaban J connectivity index is 1.22. The molecule has 4 rings (SSSR count). The van der Waals surface area contributed by atoms with Gasteiger partial charge in [0, 0.05) is 18.7 Å². The molecule has 0 spiro atoms. The van der Waals surface area contributed by atoms with Crippen LogP contribution < -0.4 is 14.8 Å². The number of amides is 2. The van der Waals surface area contributed by atoms with Gasteiger partial charge >= 0.3 is 6.18 Å². The minimum absolute atomic E-state index is 0.0311. The lowest BCUT2D eigenvalue weighted by atomic mass is 10.1. The minimum atomic E-state index is -4.61. The number of hydrogen-bond acceptors (Lipinski definition) is 6. The summed E-state index contributed by atoms with van der Waals surface area (Å²) >= 11 is 12.2. The van der Waals surface area contributed by atoms with E-state index in [1.54, 1.807) is 18.2 Å². The lowest BCUT2D eigenvalue weighted by molar-refractivity contribution is -0.137. The molecule has 1 fully saturated rings. The number of nitrogens with one attached hydrogen (secondary N) is 1. The Bertz CT molecular complexity index is 1240. The zero-order valence-corrected chi connectivity index (χ0v) is 21.1. The predicted molar refractivity (Wildman–Crippen MR) is 136 cm³/mol. The Morgan fingerprint density at radius 1 is 1.14 bits per heavy atom. The van der Waals surface area contributed by atoms with Gasteiger partial charge in [0.1, 0.15) is 4.32 Å². The van der Waals surface area contributed by atoms with Gasteiger partial charge in [0.15, 0.2) is 11.5 Å². The van der Waals surface area contributed by atoms with Crippen molar-refractivity contribution in [3.63, 3.8) is 0 Å². The standard InChI is InChI=1S/C24H20ClF3N2O4S2/c25-17-7-6-15(12-16(17)24(26,27)28)29-21(31)4-2-1-3-9-30-22(32)20(36-23(30)35)11-14-5-8-18-19(10-14)34-13-33-18/h5-8,10-12H,1-4,9,13H2,(H,29,31). The quantitative estimate of drug-likeness (QED) is 0.228. The molecule has 2 heterocycles. The highest BCUT2D eigenvalue weighted by Crippen LogP contribution is 2.37. The molecule has 1 saturated heterocycles. The number of thiocarbonyl (C=S) groups is 1. The van der Waals surface area contributed by atoms with Crippen molar-refractivity contribution in [3.05, 3.63) is 57.5 Å². The fraction of sp³-hybridized carbons (Fsp3) is 0.292. The second kappa shape index (κ2) is 11.1. The number of benzene rings is 2. The van der Waals surface area contributed by atoms with Crippen LogP contribution in [0.1, 0.15) is 36.8 Å². The van der Waals surface area contributed by atoms with E-state index in [0.717, 1.165) is 17.7 Å². The SMILES string of the molecule is O=C(CCCCCN1C(=O)C(=Cc2ccc3c(c2)OCO3)SC1=S)Nc1ccc(Cl)c(C(F)(F)F)c1. The van der Waals surface area contributed by atoms with Crippen LogP contribution in [0.4, 0.5) is 18.9 Å².